The van der Waals surface area contributed by atoms with Gasteiger partial charge in [-0.25, -0.2) is 4.79 Å². The molecular weight excluding hydrogens is 370 g/mol. The van der Waals surface area contributed by atoms with Crippen LogP contribution < -0.4 is 4.74 Å². The number of phenols is 1. The van der Waals surface area contributed by atoms with Gasteiger partial charge in [0.2, 0.25) is 0 Å². The fraction of sp³-hybridized carbons (Fsp3) is 0.312. The molecule has 1 aromatic rings. The summed E-state index contributed by atoms with van der Waals surface area (Å²) in [6, 6.07) is 1.89. The molecule has 0 saturated carbocycles. The molecule has 1 aliphatic heterocycles. The summed E-state index contributed by atoms with van der Waals surface area (Å²) in [6.07, 6.45) is 1.44. The Balaban J connectivity index is 2.32. The zero-order chi connectivity index (χ0) is 18.7. The highest BCUT2D eigenvalue weighted by Crippen LogP contribution is 2.38. The second-order valence-corrected chi connectivity index (χ2v) is 6.43. The molecule has 25 heavy (non-hydrogen) atoms. The molecule has 1 N–H and O–H groups in total. The maximum Gasteiger partial charge on any atom is 0.329 e. The second kappa shape index (κ2) is 7.79. The molecule has 1 aliphatic rings. The first-order valence-corrected chi connectivity index (χ1v) is 8.49. The molecule has 134 valence electrons. The summed E-state index contributed by atoms with van der Waals surface area (Å²) in [7, 11) is 1.37. The van der Waals surface area contributed by atoms with Gasteiger partial charge in [-0.3, -0.25) is 14.5 Å². The minimum atomic E-state index is -1.02. The largest absolute Gasteiger partial charge is 0.503 e. The van der Waals surface area contributed by atoms with Crippen molar-refractivity contribution in [3.63, 3.8) is 0 Å². The van der Waals surface area contributed by atoms with E-state index in [0.717, 1.165) is 4.90 Å². The number of carbonyl (C=O) groups excluding carboxylic acids is 3. The summed E-state index contributed by atoms with van der Waals surface area (Å²) < 4.78 is 9.85. The third-order valence-electron chi connectivity index (χ3n) is 3.41. The first-order chi connectivity index (χ1) is 11.8. The van der Waals surface area contributed by atoms with E-state index in [2.05, 4.69) is 0 Å². The number of halogens is 1. The molecule has 7 nitrogen and oxygen atoms in total. The summed E-state index contributed by atoms with van der Waals surface area (Å²) in [5, 5.41) is 9.22. The first-order valence-electron chi connectivity index (χ1n) is 7.30. The zero-order valence-corrected chi connectivity index (χ0v) is 15.3. The summed E-state index contributed by atoms with van der Waals surface area (Å²) in [5.41, 5.74) is 0.467. The topological polar surface area (TPSA) is 93.1 Å². The van der Waals surface area contributed by atoms with Gasteiger partial charge in [-0.2, -0.15) is 0 Å². The molecule has 0 aromatic heterocycles. The van der Waals surface area contributed by atoms with Crippen LogP contribution >= 0.6 is 23.4 Å². The Morgan fingerprint density at radius 1 is 1.44 bits per heavy atom. The number of methoxy groups -OCH3 is 1. The number of thioether (sulfide) groups is 1. The van der Waals surface area contributed by atoms with Crippen LogP contribution in [0.1, 0.15) is 19.4 Å². The summed E-state index contributed by atoms with van der Waals surface area (Å²) in [4.78, 5) is 37.4. The number of carbonyl (C=O) groups is 3. The van der Waals surface area contributed by atoms with E-state index in [9.17, 15) is 19.5 Å². The zero-order valence-electron chi connectivity index (χ0n) is 13.7. The van der Waals surface area contributed by atoms with Gasteiger partial charge in [0.05, 0.1) is 23.6 Å². The van der Waals surface area contributed by atoms with Gasteiger partial charge in [-0.15, -0.1) is 0 Å². The molecular formula is C16H16ClNO6S. The van der Waals surface area contributed by atoms with Gasteiger partial charge in [0.15, 0.2) is 11.5 Å². The van der Waals surface area contributed by atoms with Gasteiger partial charge in [0, 0.05) is 0 Å². The van der Waals surface area contributed by atoms with Crippen molar-refractivity contribution in [1.29, 1.82) is 0 Å². The van der Waals surface area contributed by atoms with Crippen molar-refractivity contribution < 1.29 is 29.0 Å². The van der Waals surface area contributed by atoms with Crippen molar-refractivity contribution in [3.05, 3.63) is 27.6 Å². The van der Waals surface area contributed by atoms with Crippen LogP contribution in [0.2, 0.25) is 5.02 Å². The number of rotatable bonds is 5. The predicted molar refractivity (Wildman–Crippen MR) is 93.6 cm³/mol. The van der Waals surface area contributed by atoms with Crippen LogP contribution in [0.4, 0.5) is 4.79 Å². The van der Waals surface area contributed by atoms with Gasteiger partial charge in [0.25, 0.3) is 11.1 Å². The molecule has 0 spiro atoms. The molecule has 1 atom stereocenters. The highest BCUT2D eigenvalue weighted by Gasteiger charge is 2.41. The molecule has 9 heteroatoms. The SMILES string of the molecule is CCOC(=O)[C@@H](C)N1C(=O)S/C(=C\c2cc(Cl)c(O)c(OC)c2)C1=O. The number of benzene rings is 1. The maximum atomic E-state index is 12.5. The minimum Gasteiger partial charge on any atom is -0.503 e. The average molecular weight is 386 g/mol. The van der Waals surface area contributed by atoms with Crippen LogP contribution in [-0.4, -0.2) is 46.9 Å². The summed E-state index contributed by atoms with van der Waals surface area (Å²) >= 11 is 6.62. The molecule has 1 heterocycles. The third kappa shape index (κ3) is 3.91. The molecule has 0 aliphatic carbocycles. The van der Waals surface area contributed by atoms with E-state index in [4.69, 9.17) is 21.1 Å². The number of amides is 2. The van der Waals surface area contributed by atoms with E-state index in [1.165, 1.54) is 32.2 Å². The normalized spacial score (nSPS) is 17.1. The summed E-state index contributed by atoms with van der Waals surface area (Å²) in [6.45, 7) is 3.22. The Morgan fingerprint density at radius 3 is 2.72 bits per heavy atom. The van der Waals surface area contributed by atoms with Crippen LogP contribution in [0.25, 0.3) is 6.08 Å². The van der Waals surface area contributed by atoms with Gasteiger partial charge in [-0.1, -0.05) is 11.6 Å². The van der Waals surface area contributed by atoms with Crippen molar-refractivity contribution in [2.24, 2.45) is 0 Å². The lowest BCUT2D eigenvalue weighted by atomic mass is 10.1. The number of aromatic hydroxyl groups is 1. The Kier molecular flexibility index (Phi) is 5.97. The lowest BCUT2D eigenvalue weighted by molar-refractivity contribution is -0.150. The number of ether oxygens (including phenoxy) is 2. The van der Waals surface area contributed by atoms with Crippen LogP contribution in [-0.2, 0) is 14.3 Å². The average Bonchev–Trinajstić information content (AvgIpc) is 2.84. The van der Waals surface area contributed by atoms with Gasteiger partial charge < -0.3 is 14.6 Å². The molecule has 2 rings (SSSR count). The fourth-order valence-electron chi connectivity index (χ4n) is 2.17. The van der Waals surface area contributed by atoms with E-state index in [-0.39, 0.29) is 28.0 Å². The molecule has 0 radical (unpaired) electrons. The highest BCUT2D eigenvalue weighted by molar-refractivity contribution is 8.18. The van der Waals surface area contributed by atoms with E-state index < -0.39 is 23.2 Å². The Labute approximate surface area is 153 Å². The van der Waals surface area contributed by atoms with E-state index >= 15 is 0 Å². The number of imide groups is 1. The molecule has 0 bridgehead atoms. The van der Waals surface area contributed by atoms with Crippen LogP contribution in [0.15, 0.2) is 17.0 Å². The lowest BCUT2D eigenvalue weighted by Gasteiger charge is -2.19. The molecule has 1 fully saturated rings. The number of esters is 1. The van der Waals surface area contributed by atoms with Crippen molar-refractivity contribution in [2.45, 2.75) is 19.9 Å². The van der Waals surface area contributed by atoms with E-state index in [1.807, 2.05) is 0 Å². The highest BCUT2D eigenvalue weighted by atomic mass is 35.5. The maximum absolute atomic E-state index is 12.5. The number of hydrogen-bond acceptors (Lipinski definition) is 7. The Bertz CT molecular complexity index is 763. The van der Waals surface area contributed by atoms with Gasteiger partial charge in [-0.05, 0) is 49.4 Å². The molecule has 1 aromatic carbocycles. The van der Waals surface area contributed by atoms with Crippen molar-refractivity contribution in [2.75, 3.05) is 13.7 Å². The number of phenolic OH excluding ortho intramolecular Hbond substituents is 1. The van der Waals surface area contributed by atoms with Gasteiger partial charge in [0.1, 0.15) is 6.04 Å². The quantitative estimate of drug-likeness (QED) is 0.615. The molecule has 2 amide bonds. The second-order valence-electron chi connectivity index (χ2n) is 5.03. The smallest absolute Gasteiger partial charge is 0.329 e. The monoisotopic (exact) mass is 385 g/mol. The summed E-state index contributed by atoms with van der Waals surface area (Å²) in [5.74, 6) is -1.33. The first kappa shape index (κ1) is 19.1. The van der Waals surface area contributed by atoms with Gasteiger partial charge >= 0.3 is 5.97 Å². The van der Waals surface area contributed by atoms with Crippen LogP contribution in [0.5, 0.6) is 11.5 Å². The van der Waals surface area contributed by atoms with Crippen molar-refractivity contribution in [1.82, 2.24) is 4.90 Å². The van der Waals surface area contributed by atoms with E-state index in [1.54, 1.807) is 6.92 Å². The predicted octanol–water partition coefficient (Wildman–Crippen LogP) is 3.04. The van der Waals surface area contributed by atoms with E-state index in [0.29, 0.717) is 17.3 Å². The lowest BCUT2D eigenvalue weighted by Crippen LogP contribution is -2.42. The molecule has 0 unspecified atom stereocenters. The molecule has 1 saturated heterocycles. The van der Waals surface area contributed by atoms with Crippen molar-refractivity contribution in [3.8, 4) is 11.5 Å². The third-order valence-corrected chi connectivity index (χ3v) is 4.58. The van der Waals surface area contributed by atoms with Crippen LogP contribution in [0.3, 0.4) is 0 Å². The standard InChI is InChI=1S/C16H16ClNO6S/c1-4-24-15(21)8(2)18-14(20)12(25-16(18)22)7-9-5-10(17)13(19)11(6-9)23-3/h5-8,19H,4H2,1-3H3/b12-7-/t8-/m1/s1. The number of hydrogen-bond donors (Lipinski definition) is 1. The fourth-order valence-corrected chi connectivity index (χ4v) is 3.29. The number of nitrogens with zero attached hydrogens (tertiary/aromatic N) is 1. The van der Waals surface area contributed by atoms with Crippen LogP contribution in [0, 0.1) is 0 Å². The Morgan fingerprint density at radius 2 is 2.12 bits per heavy atom. The van der Waals surface area contributed by atoms with Crippen molar-refractivity contribution >= 4 is 46.6 Å². The Hall–Kier alpha value is -2.19. The minimum absolute atomic E-state index is 0.0460.